The molecule has 0 aliphatic heterocycles. The Morgan fingerprint density at radius 2 is 1.91 bits per heavy atom. The highest BCUT2D eigenvalue weighted by atomic mass is 127. The van der Waals surface area contributed by atoms with Gasteiger partial charge in [-0.1, -0.05) is 24.3 Å². The van der Waals surface area contributed by atoms with E-state index in [1.54, 1.807) is 18.0 Å². The third-order valence-corrected chi connectivity index (χ3v) is 3.95. The van der Waals surface area contributed by atoms with Gasteiger partial charge in [-0.05, 0) is 52.9 Å². The van der Waals surface area contributed by atoms with Gasteiger partial charge in [0.2, 0.25) is 11.8 Å². The lowest BCUT2D eigenvalue weighted by molar-refractivity contribution is 0.0773. The first-order valence-corrected chi connectivity index (χ1v) is 8.10. The first-order valence-electron chi connectivity index (χ1n) is 7.02. The largest absolute Gasteiger partial charge is 0.419 e. The highest BCUT2D eigenvalue weighted by molar-refractivity contribution is 14.1. The maximum atomic E-state index is 12.4. The van der Waals surface area contributed by atoms with Crippen molar-refractivity contribution in [2.24, 2.45) is 0 Å². The number of carbonyl (C=O) groups excluding carboxylic acids is 1. The van der Waals surface area contributed by atoms with Gasteiger partial charge in [-0.15, -0.1) is 10.2 Å². The van der Waals surface area contributed by atoms with Gasteiger partial charge in [-0.2, -0.15) is 0 Å². The molecule has 6 heteroatoms. The minimum absolute atomic E-state index is 0.0806. The highest BCUT2D eigenvalue weighted by Crippen LogP contribution is 2.18. The minimum Gasteiger partial charge on any atom is -0.419 e. The predicted molar refractivity (Wildman–Crippen MR) is 94.7 cm³/mol. The third-order valence-electron chi connectivity index (χ3n) is 3.28. The Labute approximate surface area is 147 Å². The lowest BCUT2D eigenvalue weighted by Crippen LogP contribution is -2.26. The second-order valence-electron chi connectivity index (χ2n) is 5.04. The number of nitrogens with zero attached hydrogens (tertiary/aromatic N) is 3. The van der Waals surface area contributed by atoms with Gasteiger partial charge < -0.3 is 9.32 Å². The van der Waals surface area contributed by atoms with Crippen LogP contribution < -0.4 is 0 Å². The van der Waals surface area contributed by atoms with Crippen molar-refractivity contribution < 1.29 is 9.21 Å². The molecule has 0 aliphatic rings. The van der Waals surface area contributed by atoms with E-state index in [1.807, 2.05) is 48.5 Å². The van der Waals surface area contributed by atoms with Crippen LogP contribution in [0.4, 0.5) is 0 Å². The van der Waals surface area contributed by atoms with Gasteiger partial charge in [0.05, 0.1) is 6.54 Å². The third kappa shape index (κ3) is 3.76. The van der Waals surface area contributed by atoms with Gasteiger partial charge in [0.15, 0.2) is 0 Å². The van der Waals surface area contributed by atoms with E-state index in [0.29, 0.717) is 17.3 Å². The number of benzene rings is 2. The van der Waals surface area contributed by atoms with Crippen LogP contribution in [-0.2, 0) is 6.54 Å². The molecule has 3 rings (SSSR count). The number of aromatic nitrogens is 2. The van der Waals surface area contributed by atoms with Crippen molar-refractivity contribution in [1.82, 2.24) is 15.1 Å². The van der Waals surface area contributed by atoms with Crippen molar-refractivity contribution in [2.45, 2.75) is 6.54 Å². The van der Waals surface area contributed by atoms with E-state index < -0.39 is 0 Å². The number of rotatable bonds is 4. The minimum atomic E-state index is -0.0806. The number of halogens is 1. The van der Waals surface area contributed by atoms with Crippen molar-refractivity contribution in [3.63, 3.8) is 0 Å². The number of carbonyl (C=O) groups is 1. The second-order valence-corrected chi connectivity index (χ2v) is 6.28. The average Bonchev–Trinajstić information content (AvgIpc) is 3.03. The highest BCUT2D eigenvalue weighted by Gasteiger charge is 2.16. The van der Waals surface area contributed by atoms with Crippen LogP contribution in [0.25, 0.3) is 11.5 Å². The maximum absolute atomic E-state index is 12.4. The van der Waals surface area contributed by atoms with Crippen LogP contribution in [0.15, 0.2) is 59.0 Å². The SMILES string of the molecule is CN(Cc1nnc(-c2ccccc2)o1)C(=O)c1cccc(I)c1. The fourth-order valence-electron chi connectivity index (χ4n) is 2.13. The second kappa shape index (κ2) is 6.91. The molecule has 0 spiro atoms. The lowest BCUT2D eigenvalue weighted by atomic mass is 10.2. The Morgan fingerprint density at radius 3 is 2.65 bits per heavy atom. The molecule has 3 aromatic rings. The van der Waals surface area contributed by atoms with Crippen LogP contribution in [0.5, 0.6) is 0 Å². The summed E-state index contributed by atoms with van der Waals surface area (Å²) >= 11 is 2.18. The molecule has 2 aromatic carbocycles. The first kappa shape index (κ1) is 15.7. The zero-order valence-electron chi connectivity index (χ0n) is 12.4. The average molecular weight is 419 g/mol. The van der Waals surface area contributed by atoms with Crippen LogP contribution in [-0.4, -0.2) is 28.1 Å². The molecule has 0 saturated carbocycles. The summed E-state index contributed by atoms with van der Waals surface area (Å²) in [5.74, 6) is 0.781. The Balaban J connectivity index is 1.72. The number of amides is 1. The van der Waals surface area contributed by atoms with E-state index in [-0.39, 0.29) is 12.5 Å². The van der Waals surface area contributed by atoms with E-state index in [1.165, 1.54) is 0 Å². The fraction of sp³-hybridized carbons (Fsp3) is 0.118. The van der Waals surface area contributed by atoms with Crippen molar-refractivity contribution in [1.29, 1.82) is 0 Å². The summed E-state index contributed by atoms with van der Waals surface area (Å²) in [6.45, 7) is 0.268. The summed E-state index contributed by atoms with van der Waals surface area (Å²) in [5.41, 5.74) is 1.50. The monoisotopic (exact) mass is 419 g/mol. The summed E-state index contributed by atoms with van der Waals surface area (Å²) in [4.78, 5) is 14.0. The predicted octanol–water partition coefficient (Wildman–Crippen LogP) is 3.61. The van der Waals surface area contributed by atoms with Gasteiger partial charge in [0.25, 0.3) is 5.91 Å². The quantitative estimate of drug-likeness (QED) is 0.607. The van der Waals surface area contributed by atoms with Crippen molar-refractivity contribution in [3.05, 3.63) is 69.6 Å². The van der Waals surface area contributed by atoms with Gasteiger partial charge >= 0.3 is 0 Å². The fourth-order valence-corrected chi connectivity index (χ4v) is 2.67. The van der Waals surface area contributed by atoms with E-state index in [9.17, 15) is 4.79 Å². The summed E-state index contributed by atoms with van der Waals surface area (Å²) in [6, 6.07) is 17.0. The molecule has 23 heavy (non-hydrogen) atoms. The zero-order chi connectivity index (χ0) is 16.2. The van der Waals surface area contributed by atoms with Crippen LogP contribution in [0, 0.1) is 3.57 Å². The summed E-state index contributed by atoms with van der Waals surface area (Å²) in [6.07, 6.45) is 0. The molecule has 1 heterocycles. The normalized spacial score (nSPS) is 10.5. The van der Waals surface area contributed by atoms with Gasteiger partial charge in [-0.3, -0.25) is 4.79 Å². The topological polar surface area (TPSA) is 59.2 Å². The molecule has 0 bridgehead atoms. The van der Waals surface area contributed by atoms with Gasteiger partial charge in [-0.25, -0.2) is 0 Å². The smallest absolute Gasteiger partial charge is 0.254 e. The zero-order valence-corrected chi connectivity index (χ0v) is 14.6. The molecular formula is C17H14IN3O2. The van der Waals surface area contributed by atoms with Crippen molar-refractivity contribution in [3.8, 4) is 11.5 Å². The molecule has 0 atom stereocenters. The first-order chi connectivity index (χ1) is 11.1. The van der Waals surface area contributed by atoms with Crippen LogP contribution >= 0.6 is 22.6 Å². The standard InChI is InChI=1S/C17H14IN3O2/c1-21(17(22)13-8-5-9-14(18)10-13)11-15-19-20-16(23-15)12-6-3-2-4-7-12/h2-10H,11H2,1H3. The Morgan fingerprint density at radius 1 is 1.13 bits per heavy atom. The molecule has 0 aliphatic carbocycles. The summed E-state index contributed by atoms with van der Waals surface area (Å²) in [5, 5.41) is 8.04. The van der Waals surface area contributed by atoms with E-state index in [0.717, 1.165) is 9.13 Å². The summed E-state index contributed by atoms with van der Waals surface area (Å²) < 4.78 is 6.65. The van der Waals surface area contributed by atoms with Gasteiger partial charge in [0.1, 0.15) is 0 Å². The van der Waals surface area contributed by atoms with Crippen LogP contribution in [0.1, 0.15) is 16.2 Å². The Kier molecular flexibility index (Phi) is 4.71. The van der Waals surface area contributed by atoms with E-state index in [4.69, 9.17) is 4.42 Å². The molecular weight excluding hydrogens is 405 g/mol. The number of hydrogen-bond donors (Lipinski definition) is 0. The molecule has 0 saturated heterocycles. The molecule has 5 nitrogen and oxygen atoms in total. The summed E-state index contributed by atoms with van der Waals surface area (Å²) in [7, 11) is 1.72. The van der Waals surface area contributed by atoms with Crippen molar-refractivity contribution in [2.75, 3.05) is 7.05 Å². The van der Waals surface area contributed by atoms with E-state index >= 15 is 0 Å². The molecule has 0 N–H and O–H groups in total. The van der Waals surface area contributed by atoms with Gasteiger partial charge in [0, 0.05) is 21.7 Å². The molecule has 0 unspecified atom stereocenters. The maximum Gasteiger partial charge on any atom is 0.254 e. The molecule has 1 amide bonds. The van der Waals surface area contributed by atoms with Crippen LogP contribution in [0.3, 0.4) is 0 Å². The molecule has 1 aromatic heterocycles. The van der Waals surface area contributed by atoms with E-state index in [2.05, 4.69) is 32.8 Å². The molecule has 0 radical (unpaired) electrons. The van der Waals surface area contributed by atoms with Crippen LogP contribution in [0.2, 0.25) is 0 Å². The Hall–Kier alpha value is -2.22. The molecule has 0 fully saturated rings. The molecule has 116 valence electrons. The number of hydrogen-bond acceptors (Lipinski definition) is 4. The van der Waals surface area contributed by atoms with Crippen molar-refractivity contribution >= 4 is 28.5 Å². The Bertz CT molecular complexity index is 817. The lowest BCUT2D eigenvalue weighted by Gasteiger charge is -2.14.